The van der Waals surface area contributed by atoms with Gasteiger partial charge in [-0.25, -0.2) is 16.8 Å². The zero-order valence-corrected chi connectivity index (χ0v) is 15.5. The number of carbonyl (C=O) groups is 1. The summed E-state index contributed by atoms with van der Waals surface area (Å²) < 4.78 is 48.0. The van der Waals surface area contributed by atoms with Crippen molar-refractivity contribution in [3.63, 3.8) is 0 Å². The van der Waals surface area contributed by atoms with E-state index < -0.39 is 24.9 Å². The number of amides is 1. The smallest absolute Gasteiger partial charge is 0.251 e. The fraction of sp³-hybridized carbons (Fsp3) is 0.562. The highest BCUT2D eigenvalue weighted by atomic mass is 32.2. The summed E-state index contributed by atoms with van der Waals surface area (Å²) in [5.74, 6) is -0.177. The van der Waals surface area contributed by atoms with Crippen molar-refractivity contribution in [3.05, 3.63) is 29.8 Å². The van der Waals surface area contributed by atoms with Gasteiger partial charge in [-0.1, -0.05) is 13.8 Å². The number of rotatable bonds is 6. The average Bonchev–Trinajstić information content (AvgIpc) is 2.88. The van der Waals surface area contributed by atoms with Crippen molar-refractivity contribution in [1.29, 1.82) is 0 Å². The van der Waals surface area contributed by atoms with Crippen LogP contribution in [0.2, 0.25) is 0 Å². The molecule has 1 N–H and O–H groups in total. The molecule has 134 valence electrons. The maximum atomic E-state index is 12.5. The largest absolute Gasteiger partial charge is 0.352 e. The van der Waals surface area contributed by atoms with Crippen LogP contribution in [0.25, 0.3) is 0 Å². The number of sulfone groups is 2. The first-order chi connectivity index (χ1) is 11.1. The molecule has 1 amide bonds. The first-order valence-electron chi connectivity index (χ1n) is 7.94. The van der Waals surface area contributed by atoms with E-state index in [1.54, 1.807) is 0 Å². The second kappa shape index (κ2) is 7.23. The molecule has 8 heteroatoms. The molecule has 1 aliphatic rings. The lowest BCUT2D eigenvalue weighted by atomic mass is 10.1. The number of hydrogen-bond acceptors (Lipinski definition) is 5. The van der Waals surface area contributed by atoms with Crippen LogP contribution in [0.5, 0.6) is 0 Å². The lowest BCUT2D eigenvalue weighted by Gasteiger charge is -2.11. The lowest BCUT2D eigenvalue weighted by molar-refractivity contribution is 0.0952. The molecule has 1 saturated heterocycles. The van der Waals surface area contributed by atoms with E-state index in [0.29, 0.717) is 18.0 Å². The van der Waals surface area contributed by atoms with Crippen molar-refractivity contribution in [3.8, 4) is 0 Å². The molecule has 1 aliphatic heterocycles. The summed E-state index contributed by atoms with van der Waals surface area (Å²) in [6.45, 7) is 4.69. The van der Waals surface area contributed by atoms with Crippen LogP contribution in [-0.4, -0.2) is 46.0 Å². The van der Waals surface area contributed by atoms with Gasteiger partial charge in [0, 0.05) is 12.1 Å². The molecule has 0 aliphatic carbocycles. The molecule has 0 saturated carbocycles. The molecule has 2 rings (SSSR count). The van der Waals surface area contributed by atoms with Crippen molar-refractivity contribution in [2.45, 2.75) is 36.8 Å². The molecule has 0 radical (unpaired) electrons. The Morgan fingerprint density at radius 2 is 1.88 bits per heavy atom. The van der Waals surface area contributed by atoms with Gasteiger partial charge >= 0.3 is 0 Å². The van der Waals surface area contributed by atoms with Gasteiger partial charge in [-0.2, -0.15) is 0 Å². The number of benzene rings is 1. The number of nitrogens with one attached hydrogen (secondary N) is 1. The first-order valence-corrected chi connectivity index (χ1v) is 11.3. The molecular formula is C16H23NO5S2. The molecule has 1 unspecified atom stereocenters. The Kier molecular flexibility index (Phi) is 5.70. The second-order valence-corrected chi connectivity index (χ2v) is 11.0. The van der Waals surface area contributed by atoms with Crippen molar-refractivity contribution < 1.29 is 21.6 Å². The number of carbonyl (C=O) groups excluding carboxylic acids is 1. The molecule has 1 aromatic rings. The van der Waals surface area contributed by atoms with Crippen molar-refractivity contribution >= 4 is 25.6 Å². The van der Waals surface area contributed by atoms with E-state index in [1.165, 1.54) is 24.3 Å². The minimum Gasteiger partial charge on any atom is -0.352 e. The minimum atomic E-state index is -3.69. The maximum absolute atomic E-state index is 12.5. The van der Waals surface area contributed by atoms with Crippen molar-refractivity contribution in [1.82, 2.24) is 5.32 Å². The summed E-state index contributed by atoms with van der Waals surface area (Å²) in [6.07, 6.45) is 0.996. The van der Waals surface area contributed by atoms with Crippen LogP contribution in [0.3, 0.4) is 0 Å². The topological polar surface area (TPSA) is 97.4 Å². The summed E-state index contributed by atoms with van der Waals surface area (Å²) in [7, 11) is -6.96. The maximum Gasteiger partial charge on any atom is 0.251 e. The van der Waals surface area contributed by atoms with E-state index in [1.807, 2.05) is 0 Å². The van der Waals surface area contributed by atoms with Crippen molar-refractivity contribution in [2.75, 3.05) is 18.1 Å². The Hall–Kier alpha value is -1.41. The second-order valence-electron chi connectivity index (χ2n) is 6.53. The first kappa shape index (κ1) is 18.9. The third kappa shape index (κ3) is 4.57. The Morgan fingerprint density at radius 3 is 2.38 bits per heavy atom. The zero-order chi connectivity index (χ0) is 18.0. The van der Waals surface area contributed by atoms with E-state index in [-0.39, 0.29) is 28.7 Å². The standard InChI is InChI=1S/C16H23NO5S2/c1-12(2)7-9-17-16(18)13-3-5-14(6-4-13)24(21,22)15-8-10-23(19,20)11-15/h3-6,12,15H,7-11H2,1-2H3,(H,17,18). The van der Waals surface area contributed by atoms with Gasteiger partial charge in [-0.05, 0) is 43.0 Å². The van der Waals surface area contributed by atoms with Crippen LogP contribution in [0.4, 0.5) is 0 Å². The fourth-order valence-electron chi connectivity index (χ4n) is 2.57. The summed E-state index contributed by atoms with van der Waals surface area (Å²) in [4.78, 5) is 12.0. The third-order valence-corrected chi connectivity index (χ3v) is 8.27. The van der Waals surface area contributed by atoms with E-state index in [0.717, 1.165) is 6.42 Å². The highest BCUT2D eigenvalue weighted by molar-refractivity contribution is 7.96. The Bertz CT molecular complexity index is 795. The van der Waals surface area contributed by atoms with Crippen LogP contribution >= 0.6 is 0 Å². The van der Waals surface area contributed by atoms with E-state index in [9.17, 15) is 21.6 Å². The van der Waals surface area contributed by atoms with Gasteiger partial charge in [0.1, 0.15) is 0 Å². The SMILES string of the molecule is CC(C)CCNC(=O)c1ccc(S(=O)(=O)C2CCS(=O)(=O)C2)cc1. The molecule has 1 heterocycles. The molecule has 0 bridgehead atoms. The molecule has 0 aromatic heterocycles. The molecule has 6 nitrogen and oxygen atoms in total. The normalized spacial score (nSPS) is 20.2. The average molecular weight is 373 g/mol. The van der Waals surface area contributed by atoms with E-state index >= 15 is 0 Å². The monoisotopic (exact) mass is 373 g/mol. The molecule has 24 heavy (non-hydrogen) atoms. The summed E-state index contributed by atoms with van der Waals surface area (Å²) in [5.41, 5.74) is 0.386. The third-order valence-electron chi connectivity index (χ3n) is 4.08. The van der Waals surface area contributed by atoms with Crippen LogP contribution in [0.1, 0.15) is 37.0 Å². The van der Waals surface area contributed by atoms with Gasteiger partial charge in [-0.15, -0.1) is 0 Å². The van der Waals surface area contributed by atoms with Gasteiger partial charge in [0.25, 0.3) is 5.91 Å². The fourth-order valence-corrected chi connectivity index (χ4v) is 6.93. The van der Waals surface area contributed by atoms with Gasteiger partial charge < -0.3 is 5.32 Å². The molecule has 1 aromatic carbocycles. The number of hydrogen-bond donors (Lipinski definition) is 1. The molecule has 1 atom stereocenters. The summed E-state index contributed by atoms with van der Waals surface area (Å²) >= 11 is 0. The van der Waals surface area contributed by atoms with Crippen LogP contribution in [0.15, 0.2) is 29.2 Å². The van der Waals surface area contributed by atoms with Gasteiger partial charge in [-0.3, -0.25) is 4.79 Å². The zero-order valence-electron chi connectivity index (χ0n) is 13.9. The summed E-state index contributed by atoms with van der Waals surface area (Å²) in [6, 6.07) is 5.66. The highest BCUT2D eigenvalue weighted by Crippen LogP contribution is 2.25. The van der Waals surface area contributed by atoms with Crippen LogP contribution in [0, 0.1) is 5.92 Å². The minimum absolute atomic E-state index is 0.0586. The van der Waals surface area contributed by atoms with Crippen LogP contribution in [-0.2, 0) is 19.7 Å². The quantitative estimate of drug-likeness (QED) is 0.813. The lowest BCUT2D eigenvalue weighted by Crippen LogP contribution is -2.25. The Morgan fingerprint density at radius 1 is 1.25 bits per heavy atom. The van der Waals surface area contributed by atoms with E-state index in [4.69, 9.17) is 0 Å². The summed E-state index contributed by atoms with van der Waals surface area (Å²) in [5, 5.41) is 1.89. The Labute approximate surface area is 143 Å². The van der Waals surface area contributed by atoms with Crippen LogP contribution < -0.4 is 5.32 Å². The molecule has 0 spiro atoms. The van der Waals surface area contributed by atoms with Crippen molar-refractivity contribution in [2.24, 2.45) is 5.92 Å². The highest BCUT2D eigenvalue weighted by Gasteiger charge is 2.37. The Balaban J connectivity index is 2.07. The van der Waals surface area contributed by atoms with Gasteiger partial charge in [0.2, 0.25) is 0 Å². The molecular weight excluding hydrogens is 350 g/mol. The molecule has 1 fully saturated rings. The predicted octanol–water partition coefficient (Wildman–Crippen LogP) is 1.42. The predicted molar refractivity (Wildman–Crippen MR) is 92.5 cm³/mol. The van der Waals surface area contributed by atoms with Gasteiger partial charge in [0.15, 0.2) is 19.7 Å². The van der Waals surface area contributed by atoms with E-state index in [2.05, 4.69) is 19.2 Å². The van der Waals surface area contributed by atoms with Gasteiger partial charge in [0.05, 0.1) is 21.7 Å².